The first-order chi connectivity index (χ1) is 17.8. The van der Waals surface area contributed by atoms with Crippen molar-refractivity contribution in [2.75, 3.05) is 26.2 Å². The second kappa shape index (κ2) is 17.2. The molecule has 0 saturated carbocycles. The van der Waals surface area contributed by atoms with Gasteiger partial charge >= 0.3 is 6.09 Å². The van der Waals surface area contributed by atoms with Crippen LogP contribution in [-0.4, -0.2) is 52.7 Å². The molecule has 0 aromatic heterocycles. The zero-order chi connectivity index (χ0) is 28.6. The van der Waals surface area contributed by atoms with Crippen molar-refractivity contribution in [3.05, 3.63) is 46.8 Å². The molecule has 0 spiro atoms. The van der Waals surface area contributed by atoms with Crippen LogP contribution in [0.3, 0.4) is 0 Å². The summed E-state index contributed by atoms with van der Waals surface area (Å²) in [4.78, 5) is 23.5. The van der Waals surface area contributed by atoms with Gasteiger partial charge in [0, 0.05) is 32.2 Å². The number of hydrogen-bond donors (Lipinski definition) is 2. The molecule has 0 radical (unpaired) electrons. The first-order valence-electron chi connectivity index (χ1n) is 13.5. The SMILES string of the molecule is C=C(NCCCCCN(CCCCCCNC(=O)OC(C)(C)C)Sc1ccccc1[N+](=O)[O-])OC(C)(C)C. The number of nitrogens with one attached hydrogen (secondary N) is 2. The Balaban J connectivity index is 2.44. The van der Waals surface area contributed by atoms with Gasteiger partial charge in [0.15, 0.2) is 5.88 Å². The summed E-state index contributed by atoms with van der Waals surface area (Å²) in [5, 5.41) is 17.5. The topological polar surface area (TPSA) is 106 Å². The van der Waals surface area contributed by atoms with E-state index in [4.69, 9.17) is 9.47 Å². The lowest BCUT2D eigenvalue weighted by atomic mass is 10.2. The molecule has 0 aliphatic rings. The van der Waals surface area contributed by atoms with E-state index in [2.05, 4.69) is 21.5 Å². The molecule has 0 bridgehead atoms. The van der Waals surface area contributed by atoms with Crippen molar-refractivity contribution in [3.63, 3.8) is 0 Å². The second-order valence-electron chi connectivity index (χ2n) is 11.2. The maximum Gasteiger partial charge on any atom is 0.407 e. The van der Waals surface area contributed by atoms with Crippen LogP contribution in [0.5, 0.6) is 0 Å². The van der Waals surface area contributed by atoms with Crippen LogP contribution in [0.1, 0.15) is 86.5 Å². The molecular formula is C28H48N4O5S. The number of unbranched alkanes of at least 4 members (excludes halogenated alkanes) is 5. The van der Waals surface area contributed by atoms with Crippen molar-refractivity contribution >= 4 is 23.7 Å². The van der Waals surface area contributed by atoms with E-state index >= 15 is 0 Å². The lowest BCUT2D eigenvalue weighted by molar-refractivity contribution is -0.387. The van der Waals surface area contributed by atoms with Crippen molar-refractivity contribution in [3.8, 4) is 0 Å². The molecule has 0 atom stereocenters. The van der Waals surface area contributed by atoms with Gasteiger partial charge in [-0.2, -0.15) is 0 Å². The minimum atomic E-state index is -0.495. The summed E-state index contributed by atoms with van der Waals surface area (Å²) in [6, 6.07) is 6.89. The predicted molar refractivity (Wildman–Crippen MR) is 155 cm³/mol. The van der Waals surface area contributed by atoms with E-state index in [-0.39, 0.29) is 22.3 Å². The fourth-order valence-electron chi connectivity index (χ4n) is 3.52. The molecule has 10 heteroatoms. The minimum Gasteiger partial charge on any atom is -0.474 e. The third-order valence-corrected chi connectivity index (χ3v) is 6.29. The largest absolute Gasteiger partial charge is 0.474 e. The molecule has 0 heterocycles. The molecule has 0 unspecified atom stereocenters. The molecule has 0 fully saturated rings. The van der Waals surface area contributed by atoms with E-state index in [0.717, 1.165) is 64.6 Å². The van der Waals surface area contributed by atoms with Gasteiger partial charge in [0.25, 0.3) is 5.69 Å². The Bertz CT molecular complexity index is 868. The van der Waals surface area contributed by atoms with Crippen molar-refractivity contribution < 1.29 is 19.2 Å². The third-order valence-electron chi connectivity index (χ3n) is 5.13. The highest BCUT2D eigenvalue weighted by Gasteiger charge is 2.17. The van der Waals surface area contributed by atoms with Crippen molar-refractivity contribution in [1.82, 2.24) is 14.9 Å². The number of carbonyl (C=O) groups excluding carboxylic acids is 1. The molecule has 1 rings (SSSR count). The number of benzene rings is 1. The fraction of sp³-hybridized carbons (Fsp3) is 0.679. The van der Waals surface area contributed by atoms with Gasteiger partial charge in [0.2, 0.25) is 0 Å². The van der Waals surface area contributed by atoms with Gasteiger partial charge in [-0.25, -0.2) is 9.10 Å². The summed E-state index contributed by atoms with van der Waals surface area (Å²) in [6.45, 7) is 18.5. The van der Waals surface area contributed by atoms with Gasteiger partial charge in [-0.05, 0) is 91.8 Å². The molecule has 0 saturated heterocycles. The van der Waals surface area contributed by atoms with E-state index in [1.807, 2.05) is 53.7 Å². The number of rotatable bonds is 18. The highest BCUT2D eigenvalue weighted by molar-refractivity contribution is 7.97. The normalized spacial score (nSPS) is 11.8. The van der Waals surface area contributed by atoms with Crippen molar-refractivity contribution in [2.45, 2.75) is 103 Å². The maximum atomic E-state index is 11.7. The Labute approximate surface area is 233 Å². The van der Waals surface area contributed by atoms with Crippen molar-refractivity contribution in [2.24, 2.45) is 0 Å². The maximum absolute atomic E-state index is 11.7. The summed E-state index contributed by atoms with van der Waals surface area (Å²) in [5.41, 5.74) is -0.626. The molecule has 1 amide bonds. The first-order valence-corrected chi connectivity index (χ1v) is 14.3. The Hall–Kier alpha value is -2.46. The number of amides is 1. The number of hydrogen-bond acceptors (Lipinski definition) is 8. The zero-order valence-electron chi connectivity index (χ0n) is 24.1. The van der Waals surface area contributed by atoms with E-state index in [9.17, 15) is 14.9 Å². The lowest BCUT2D eigenvalue weighted by Gasteiger charge is -2.23. The van der Waals surface area contributed by atoms with Crippen LogP contribution in [0.25, 0.3) is 0 Å². The highest BCUT2D eigenvalue weighted by atomic mass is 32.2. The average molecular weight is 553 g/mol. The summed E-state index contributed by atoms with van der Waals surface area (Å²) in [5.74, 6) is 0.590. The van der Waals surface area contributed by atoms with Gasteiger partial charge in [0.05, 0.1) is 4.92 Å². The minimum absolute atomic E-state index is 0.136. The monoisotopic (exact) mass is 552 g/mol. The lowest BCUT2D eigenvalue weighted by Crippen LogP contribution is -2.33. The molecule has 0 aliphatic carbocycles. The Morgan fingerprint density at radius 2 is 1.42 bits per heavy atom. The first kappa shape index (κ1) is 33.6. The zero-order valence-corrected chi connectivity index (χ0v) is 25.0. The number of carbonyl (C=O) groups is 1. The Morgan fingerprint density at radius 1 is 0.895 bits per heavy atom. The smallest absolute Gasteiger partial charge is 0.407 e. The Morgan fingerprint density at radius 3 is 2.00 bits per heavy atom. The van der Waals surface area contributed by atoms with Crippen LogP contribution in [0.4, 0.5) is 10.5 Å². The number of ether oxygens (including phenoxy) is 2. The summed E-state index contributed by atoms with van der Waals surface area (Å²) >= 11 is 1.46. The summed E-state index contributed by atoms with van der Waals surface area (Å²) < 4.78 is 13.2. The summed E-state index contributed by atoms with van der Waals surface area (Å²) in [7, 11) is 0. The van der Waals surface area contributed by atoms with Gasteiger partial charge in [-0.3, -0.25) is 10.1 Å². The molecule has 1 aromatic carbocycles. The molecule has 38 heavy (non-hydrogen) atoms. The Kier molecular flexibility index (Phi) is 15.2. The van der Waals surface area contributed by atoms with Crippen LogP contribution >= 0.6 is 11.9 Å². The number of nitrogens with zero attached hydrogens (tertiary/aromatic N) is 2. The van der Waals surface area contributed by atoms with E-state index < -0.39 is 5.60 Å². The van der Waals surface area contributed by atoms with E-state index in [1.165, 1.54) is 11.9 Å². The average Bonchev–Trinajstić information content (AvgIpc) is 2.78. The predicted octanol–water partition coefficient (Wildman–Crippen LogP) is 7.04. The van der Waals surface area contributed by atoms with Crippen LogP contribution in [0, 0.1) is 10.1 Å². The summed E-state index contributed by atoms with van der Waals surface area (Å²) in [6.07, 6.45) is 6.49. The fourth-order valence-corrected chi connectivity index (χ4v) is 4.62. The standard InChI is InChI=1S/C28H48N4O5S/c1-23(36-27(2,3)4)29-19-14-10-16-22-31(38-25-18-12-11-17-24(25)32(34)35)21-15-9-8-13-20-30-26(33)37-28(5,6)7/h11-12,17-18,29H,1,8-10,13-16,19-22H2,2-7H3,(H,30,33). The number of para-hydroxylation sites is 1. The number of alkyl carbamates (subject to hydrolysis) is 1. The van der Waals surface area contributed by atoms with Gasteiger partial charge in [-0.1, -0.05) is 31.4 Å². The van der Waals surface area contributed by atoms with Crippen LogP contribution in [0.15, 0.2) is 41.6 Å². The van der Waals surface area contributed by atoms with Crippen LogP contribution in [-0.2, 0) is 9.47 Å². The highest BCUT2D eigenvalue weighted by Crippen LogP contribution is 2.31. The van der Waals surface area contributed by atoms with E-state index in [0.29, 0.717) is 17.3 Å². The van der Waals surface area contributed by atoms with Gasteiger partial charge in [-0.15, -0.1) is 0 Å². The van der Waals surface area contributed by atoms with Gasteiger partial charge < -0.3 is 20.1 Å². The molecule has 216 valence electrons. The number of nitro benzene ring substituents is 1. The quantitative estimate of drug-likeness (QED) is 0.0657. The molecular weight excluding hydrogens is 504 g/mol. The van der Waals surface area contributed by atoms with Crippen LogP contribution in [0.2, 0.25) is 0 Å². The number of nitro groups is 1. The molecule has 9 nitrogen and oxygen atoms in total. The molecule has 1 aromatic rings. The molecule has 2 N–H and O–H groups in total. The van der Waals surface area contributed by atoms with E-state index in [1.54, 1.807) is 12.1 Å². The van der Waals surface area contributed by atoms with Crippen molar-refractivity contribution in [1.29, 1.82) is 0 Å². The second-order valence-corrected chi connectivity index (χ2v) is 12.4. The molecule has 0 aliphatic heterocycles. The third kappa shape index (κ3) is 17.1. The van der Waals surface area contributed by atoms with Crippen LogP contribution < -0.4 is 10.6 Å². The van der Waals surface area contributed by atoms with Gasteiger partial charge in [0.1, 0.15) is 16.1 Å².